The molecule has 0 aromatic heterocycles. The van der Waals surface area contributed by atoms with E-state index in [-0.39, 0.29) is 0 Å². The molecule has 0 saturated heterocycles. The predicted octanol–water partition coefficient (Wildman–Crippen LogP) is -3.22. The number of nitrogens with two attached hydrogens (primary N) is 1. The third kappa shape index (κ3) is 3.11. The van der Waals surface area contributed by atoms with Crippen molar-refractivity contribution in [1.29, 1.82) is 0 Å². The van der Waals surface area contributed by atoms with Crippen LogP contribution in [0.4, 0.5) is 0 Å². The smallest absolute Gasteiger partial charge is 0.320 e. The highest BCUT2D eigenvalue weighted by molar-refractivity contribution is 5.73. The van der Waals surface area contributed by atoms with E-state index in [1.807, 2.05) is 0 Å². The molecule has 0 fully saturated rings. The summed E-state index contributed by atoms with van der Waals surface area (Å²) in [4.78, 5) is 10.1. The van der Waals surface area contributed by atoms with Crippen molar-refractivity contribution in [1.82, 2.24) is 0 Å². The fourth-order valence-corrected chi connectivity index (χ4v) is 0.516. The van der Waals surface area contributed by atoms with Gasteiger partial charge < -0.3 is 31.3 Å². The van der Waals surface area contributed by atoms with Gasteiger partial charge in [-0.15, -0.1) is 0 Å². The maximum Gasteiger partial charge on any atom is 0.320 e. The lowest BCUT2D eigenvalue weighted by atomic mass is 10.1. The summed E-state index contributed by atoms with van der Waals surface area (Å²) in [5.41, 5.74) is 4.90. The molecule has 0 aliphatic rings. The summed E-state index contributed by atoms with van der Waals surface area (Å²) >= 11 is 0. The fourth-order valence-electron chi connectivity index (χ4n) is 0.516. The molecule has 7 nitrogen and oxygen atoms in total. The summed E-state index contributed by atoms with van der Waals surface area (Å²) in [6.07, 6.45) is -3.30. The lowest BCUT2D eigenvalue weighted by Crippen LogP contribution is -2.48. The molecule has 0 aliphatic heterocycles. The number of aliphatic hydroxyl groups is 4. The van der Waals surface area contributed by atoms with Crippen LogP contribution in [0.5, 0.6) is 0 Å². The van der Waals surface area contributed by atoms with Gasteiger partial charge in [-0.2, -0.15) is 0 Å². The molecule has 7 heteroatoms. The Hall–Kier alpha value is -0.730. The van der Waals surface area contributed by atoms with E-state index in [1.165, 1.54) is 0 Å². The molecule has 0 aromatic carbocycles. The molecule has 0 amide bonds. The molecule has 0 bridgehead atoms. The van der Waals surface area contributed by atoms with Crippen molar-refractivity contribution >= 4 is 5.97 Å². The first-order valence-electron chi connectivity index (χ1n) is 3.06. The zero-order valence-corrected chi connectivity index (χ0v) is 6.08. The Bertz CT molecular complexity index is 167. The number of rotatable bonds is 4. The van der Waals surface area contributed by atoms with Crippen molar-refractivity contribution in [3.05, 3.63) is 0 Å². The van der Waals surface area contributed by atoms with E-state index >= 15 is 0 Å². The standard InChI is InChI=1S/C5H11NO6/c6-2(3(7)8)1-5(11,12)4(9)10/h2,4,9-12H,1,6H2,(H,7,8). The van der Waals surface area contributed by atoms with Crippen LogP contribution in [0.3, 0.4) is 0 Å². The second kappa shape index (κ2) is 3.78. The minimum atomic E-state index is -2.89. The third-order valence-corrected chi connectivity index (χ3v) is 1.25. The SMILES string of the molecule is NC(CC(O)(O)C(O)O)C(=O)O. The van der Waals surface area contributed by atoms with Crippen molar-refractivity contribution in [2.45, 2.75) is 24.5 Å². The van der Waals surface area contributed by atoms with Gasteiger partial charge in [0.05, 0.1) is 0 Å². The Morgan fingerprint density at radius 2 is 1.83 bits per heavy atom. The first-order chi connectivity index (χ1) is 5.27. The summed E-state index contributed by atoms with van der Waals surface area (Å²) in [5.74, 6) is -4.35. The first-order valence-corrected chi connectivity index (χ1v) is 3.06. The maximum absolute atomic E-state index is 10.1. The lowest BCUT2D eigenvalue weighted by Gasteiger charge is -2.24. The number of carboxylic acids is 1. The van der Waals surface area contributed by atoms with Gasteiger partial charge >= 0.3 is 5.97 Å². The van der Waals surface area contributed by atoms with Gasteiger partial charge in [0.15, 0.2) is 0 Å². The van der Waals surface area contributed by atoms with E-state index in [9.17, 15) is 4.79 Å². The van der Waals surface area contributed by atoms with E-state index in [2.05, 4.69) is 0 Å². The highest BCUT2D eigenvalue weighted by atomic mass is 16.6. The van der Waals surface area contributed by atoms with E-state index < -0.39 is 30.5 Å². The summed E-state index contributed by atoms with van der Waals surface area (Å²) < 4.78 is 0. The molecule has 0 spiro atoms. The number of aliphatic carboxylic acids is 1. The van der Waals surface area contributed by atoms with Crippen LogP contribution in [0.15, 0.2) is 0 Å². The molecule has 0 saturated carbocycles. The first kappa shape index (κ1) is 11.3. The van der Waals surface area contributed by atoms with E-state index in [1.54, 1.807) is 0 Å². The third-order valence-electron chi connectivity index (χ3n) is 1.25. The Balaban J connectivity index is 4.15. The monoisotopic (exact) mass is 181 g/mol. The van der Waals surface area contributed by atoms with E-state index in [0.29, 0.717) is 0 Å². The Morgan fingerprint density at radius 3 is 2.08 bits per heavy atom. The summed E-state index contributed by atoms with van der Waals surface area (Å²) in [6, 6.07) is -1.55. The quantitative estimate of drug-likeness (QED) is 0.250. The van der Waals surface area contributed by atoms with Crippen molar-refractivity contribution in [2.75, 3.05) is 0 Å². The second-order valence-corrected chi connectivity index (χ2v) is 2.40. The minimum Gasteiger partial charge on any atom is -0.480 e. The van der Waals surface area contributed by atoms with Gasteiger partial charge in [-0.25, -0.2) is 0 Å². The van der Waals surface area contributed by atoms with Crippen LogP contribution < -0.4 is 5.73 Å². The van der Waals surface area contributed by atoms with Crippen molar-refractivity contribution in [3.8, 4) is 0 Å². The topological polar surface area (TPSA) is 144 Å². The zero-order valence-electron chi connectivity index (χ0n) is 6.08. The molecule has 0 aromatic rings. The van der Waals surface area contributed by atoms with E-state index in [4.69, 9.17) is 31.3 Å². The van der Waals surface area contributed by atoms with Crippen LogP contribution in [0, 0.1) is 0 Å². The molecule has 1 atom stereocenters. The van der Waals surface area contributed by atoms with Crippen LogP contribution >= 0.6 is 0 Å². The normalized spacial score (nSPS) is 14.8. The average Bonchev–Trinajstić information content (AvgIpc) is 1.85. The van der Waals surface area contributed by atoms with Gasteiger partial charge in [-0.3, -0.25) is 4.79 Å². The van der Waals surface area contributed by atoms with Gasteiger partial charge in [0.25, 0.3) is 0 Å². The van der Waals surface area contributed by atoms with E-state index in [0.717, 1.165) is 0 Å². The van der Waals surface area contributed by atoms with Crippen LogP contribution in [0.2, 0.25) is 0 Å². The molecule has 0 aliphatic carbocycles. The highest BCUT2D eigenvalue weighted by Crippen LogP contribution is 2.11. The predicted molar refractivity (Wildman–Crippen MR) is 35.6 cm³/mol. The fraction of sp³-hybridized carbons (Fsp3) is 0.800. The van der Waals surface area contributed by atoms with Gasteiger partial charge in [0.2, 0.25) is 12.1 Å². The Kier molecular flexibility index (Phi) is 3.55. The van der Waals surface area contributed by atoms with Crippen LogP contribution in [0.1, 0.15) is 6.42 Å². The zero-order chi connectivity index (χ0) is 9.94. The Morgan fingerprint density at radius 1 is 1.42 bits per heavy atom. The summed E-state index contributed by atoms with van der Waals surface area (Å²) in [5, 5.41) is 42.3. The van der Waals surface area contributed by atoms with Gasteiger partial charge in [-0.1, -0.05) is 0 Å². The van der Waals surface area contributed by atoms with Crippen molar-refractivity contribution in [2.24, 2.45) is 5.73 Å². The highest BCUT2D eigenvalue weighted by Gasteiger charge is 2.35. The van der Waals surface area contributed by atoms with Gasteiger partial charge in [0.1, 0.15) is 6.04 Å². The van der Waals surface area contributed by atoms with Gasteiger partial charge in [-0.05, 0) is 0 Å². The number of carbonyl (C=O) groups is 1. The van der Waals surface area contributed by atoms with Gasteiger partial charge in [0, 0.05) is 6.42 Å². The summed E-state index contributed by atoms with van der Waals surface area (Å²) in [6.45, 7) is 0. The van der Waals surface area contributed by atoms with Crippen molar-refractivity contribution in [3.63, 3.8) is 0 Å². The van der Waals surface area contributed by atoms with Crippen LogP contribution in [0.25, 0.3) is 0 Å². The van der Waals surface area contributed by atoms with Crippen molar-refractivity contribution < 1.29 is 30.3 Å². The lowest BCUT2D eigenvalue weighted by molar-refractivity contribution is -0.293. The van der Waals surface area contributed by atoms with Crippen LogP contribution in [-0.4, -0.2) is 49.6 Å². The molecule has 0 radical (unpaired) electrons. The molecule has 7 N–H and O–H groups in total. The minimum absolute atomic E-state index is 0.861. The number of aliphatic hydroxyl groups excluding tert-OH is 1. The number of hydrogen-bond donors (Lipinski definition) is 6. The number of hydrogen-bond acceptors (Lipinski definition) is 6. The molecule has 1 unspecified atom stereocenters. The number of carboxylic acid groups (broad SMARTS) is 1. The molecule has 0 rings (SSSR count). The molecule has 72 valence electrons. The molecular formula is C5H11NO6. The summed E-state index contributed by atoms with van der Waals surface area (Å²) in [7, 11) is 0. The van der Waals surface area contributed by atoms with Crippen LogP contribution in [-0.2, 0) is 4.79 Å². The average molecular weight is 181 g/mol. The second-order valence-electron chi connectivity index (χ2n) is 2.40. The maximum atomic E-state index is 10.1. The largest absolute Gasteiger partial charge is 0.480 e. The Labute approximate surface area is 67.7 Å². The molecule has 12 heavy (non-hydrogen) atoms. The molecule has 0 heterocycles. The molecular weight excluding hydrogens is 170 g/mol.